The molecule has 1 saturated heterocycles. The van der Waals surface area contributed by atoms with Crippen LogP contribution >= 0.6 is 23.2 Å². The lowest BCUT2D eigenvalue weighted by Crippen LogP contribution is -2.67. The summed E-state index contributed by atoms with van der Waals surface area (Å²) in [5.41, 5.74) is 6.15. The molecule has 1 heterocycles. The summed E-state index contributed by atoms with van der Waals surface area (Å²) in [5.74, 6) is -0.284. The Morgan fingerprint density at radius 3 is 2.33 bits per heavy atom. The van der Waals surface area contributed by atoms with Crippen LogP contribution in [0.15, 0.2) is 0 Å². The highest BCUT2D eigenvalue weighted by atomic mass is 35.5. The van der Waals surface area contributed by atoms with E-state index in [4.69, 9.17) is 28.9 Å². The smallest absolute Gasteiger partial charge is 0.426 e. The Labute approximate surface area is 153 Å². The number of nitrogens with zero attached hydrogens (tertiary/aromatic N) is 1. The van der Waals surface area contributed by atoms with E-state index in [-0.39, 0.29) is 21.1 Å². The summed E-state index contributed by atoms with van der Waals surface area (Å²) in [7, 11) is -1.52. The molecule has 134 valence electrons. The fourth-order valence-corrected chi connectivity index (χ4v) is 7.99. The molecular weight excluding hydrogens is 350 g/mol. The van der Waals surface area contributed by atoms with Gasteiger partial charge in [-0.15, -0.1) is 23.2 Å². The van der Waals surface area contributed by atoms with E-state index in [1.807, 2.05) is 0 Å². The van der Waals surface area contributed by atoms with E-state index < -0.39 is 19.1 Å². The molecule has 5 rings (SSSR count). The van der Waals surface area contributed by atoms with Crippen LogP contribution in [-0.2, 0) is 4.79 Å². The van der Waals surface area contributed by atoms with E-state index in [2.05, 4.69) is 0 Å². The number of nitrogens with two attached hydrogens (primary N) is 1. The third-order valence-electron chi connectivity index (χ3n) is 6.83. The van der Waals surface area contributed by atoms with Crippen molar-refractivity contribution in [3.8, 4) is 0 Å². The summed E-state index contributed by atoms with van der Waals surface area (Å²) in [5, 5.41) is 19.1. The first kappa shape index (κ1) is 17.4. The van der Waals surface area contributed by atoms with Gasteiger partial charge in [0.1, 0.15) is 0 Å². The Morgan fingerprint density at radius 2 is 1.79 bits per heavy atom. The van der Waals surface area contributed by atoms with Crippen LogP contribution in [0.5, 0.6) is 0 Å². The minimum atomic E-state index is -1.52. The SMILES string of the molecule is NC(C(=O)N1CCC[C@H]1B(O)O)C12CC3CC(Cl)(CC(Cl)(C3)C1)C2. The molecule has 0 radical (unpaired) electrons. The van der Waals surface area contributed by atoms with Crippen molar-refractivity contribution in [1.29, 1.82) is 0 Å². The zero-order valence-electron chi connectivity index (χ0n) is 13.8. The lowest BCUT2D eigenvalue weighted by molar-refractivity contribution is -0.141. The van der Waals surface area contributed by atoms with Crippen molar-refractivity contribution in [3.05, 3.63) is 0 Å². The maximum Gasteiger partial charge on any atom is 0.475 e. The second-order valence-electron chi connectivity index (χ2n) is 8.81. The van der Waals surface area contributed by atoms with Gasteiger partial charge in [-0.2, -0.15) is 0 Å². The second kappa shape index (κ2) is 5.49. The molecule has 5 fully saturated rings. The number of likely N-dealkylation sites (tertiary alicyclic amines) is 1. The molecule has 0 spiro atoms. The Balaban J connectivity index is 1.60. The van der Waals surface area contributed by atoms with E-state index >= 15 is 0 Å². The maximum atomic E-state index is 13.1. The molecule has 4 bridgehead atoms. The summed E-state index contributed by atoms with van der Waals surface area (Å²) in [6.07, 6.45) is 6.48. The van der Waals surface area contributed by atoms with E-state index in [0.29, 0.717) is 18.9 Å². The van der Waals surface area contributed by atoms with Crippen molar-refractivity contribution in [2.45, 2.75) is 73.1 Å². The molecule has 24 heavy (non-hydrogen) atoms. The van der Waals surface area contributed by atoms with Gasteiger partial charge in [-0.25, -0.2) is 0 Å². The summed E-state index contributed by atoms with van der Waals surface area (Å²) < 4.78 is 0. The normalized spacial score (nSPS) is 48.0. The van der Waals surface area contributed by atoms with Crippen molar-refractivity contribution in [2.24, 2.45) is 17.1 Å². The molecule has 0 aromatic carbocycles. The first-order valence-electron chi connectivity index (χ1n) is 8.96. The molecule has 4 atom stereocenters. The lowest BCUT2D eigenvalue weighted by Gasteiger charge is -2.64. The molecule has 4 aliphatic carbocycles. The molecule has 4 N–H and O–H groups in total. The first-order valence-corrected chi connectivity index (χ1v) is 9.71. The molecule has 3 unspecified atom stereocenters. The van der Waals surface area contributed by atoms with Gasteiger partial charge < -0.3 is 20.7 Å². The summed E-state index contributed by atoms with van der Waals surface area (Å²) in [4.78, 5) is 14.0. The van der Waals surface area contributed by atoms with E-state index in [0.717, 1.165) is 44.9 Å². The van der Waals surface area contributed by atoms with Crippen LogP contribution in [0.3, 0.4) is 0 Å². The monoisotopic (exact) mass is 374 g/mol. The predicted molar refractivity (Wildman–Crippen MR) is 93.7 cm³/mol. The van der Waals surface area contributed by atoms with Gasteiger partial charge in [0.05, 0.1) is 12.0 Å². The molecule has 4 saturated carbocycles. The highest BCUT2D eigenvalue weighted by Crippen LogP contribution is 2.67. The minimum Gasteiger partial charge on any atom is -0.426 e. The highest BCUT2D eigenvalue weighted by Gasteiger charge is 2.65. The number of amides is 1. The molecule has 0 aromatic rings. The molecule has 0 aromatic heterocycles. The van der Waals surface area contributed by atoms with Crippen molar-refractivity contribution < 1.29 is 14.8 Å². The minimum absolute atomic E-state index is 0.173. The molecule has 5 nitrogen and oxygen atoms in total. The Kier molecular flexibility index (Phi) is 3.99. The summed E-state index contributed by atoms with van der Waals surface area (Å²) in [6.45, 7) is 0.534. The molecular formula is C16H25BCl2N2O3. The number of hydrogen-bond donors (Lipinski definition) is 3. The van der Waals surface area contributed by atoms with Gasteiger partial charge in [-0.05, 0) is 62.7 Å². The van der Waals surface area contributed by atoms with Crippen LogP contribution in [0, 0.1) is 11.3 Å². The predicted octanol–water partition coefficient (Wildman–Crippen LogP) is 1.26. The number of hydrogen-bond acceptors (Lipinski definition) is 4. The third-order valence-corrected chi connectivity index (χ3v) is 7.67. The van der Waals surface area contributed by atoms with Gasteiger partial charge >= 0.3 is 7.12 Å². The number of rotatable bonds is 3. The van der Waals surface area contributed by atoms with Gasteiger partial charge in [0.15, 0.2) is 0 Å². The number of carbonyl (C=O) groups excluding carboxylic acids is 1. The Hall–Kier alpha value is -0.00506. The zero-order valence-corrected chi connectivity index (χ0v) is 15.3. The third kappa shape index (κ3) is 2.61. The van der Waals surface area contributed by atoms with Crippen LogP contribution in [0.2, 0.25) is 0 Å². The van der Waals surface area contributed by atoms with Gasteiger partial charge in [0.25, 0.3) is 0 Å². The summed E-state index contributed by atoms with van der Waals surface area (Å²) >= 11 is 13.7. The maximum absolute atomic E-state index is 13.1. The van der Waals surface area contributed by atoms with Crippen molar-refractivity contribution in [2.75, 3.05) is 6.54 Å². The van der Waals surface area contributed by atoms with Gasteiger partial charge in [0.2, 0.25) is 5.91 Å². The van der Waals surface area contributed by atoms with Crippen LogP contribution < -0.4 is 5.73 Å². The van der Waals surface area contributed by atoms with Gasteiger partial charge in [-0.3, -0.25) is 4.79 Å². The Morgan fingerprint density at radius 1 is 1.17 bits per heavy atom. The molecule has 1 amide bonds. The fourth-order valence-electron chi connectivity index (χ4n) is 6.44. The lowest BCUT2D eigenvalue weighted by atomic mass is 9.47. The molecule has 1 aliphatic heterocycles. The van der Waals surface area contributed by atoms with E-state index in [1.165, 1.54) is 0 Å². The largest absolute Gasteiger partial charge is 0.475 e. The zero-order chi connectivity index (χ0) is 17.3. The molecule has 5 aliphatic rings. The number of halogens is 2. The second-order valence-corrected chi connectivity index (χ2v) is 10.4. The number of alkyl halides is 2. The van der Waals surface area contributed by atoms with Crippen LogP contribution in [-0.4, -0.2) is 56.2 Å². The number of carbonyl (C=O) groups is 1. The van der Waals surface area contributed by atoms with Gasteiger partial charge in [-0.1, -0.05) is 0 Å². The standard InChI is InChI=1S/C16H25BCl2N2O3/c18-15-5-10-4-14(7-15,8-16(19,6-10)9-15)12(20)13(22)21-3-1-2-11(21)17(23)24/h10-12,23-24H,1-9,20H2/t10?,11-,12?,14?,15?,16?/m0/s1. The average molecular weight is 375 g/mol. The fraction of sp³-hybridized carbons (Fsp3) is 0.938. The van der Waals surface area contributed by atoms with E-state index in [1.54, 1.807) is 4.90 Å². The summed E-state index contributed by atoms with van der Waals surface area (Å²) in [6, 6.07) is -0.670. The first-order chi connectivity index (χ1) is 11.2. The van der Waals surface area contributed by atoms with Crippen LogP contribution in [0.25, 0.3) is 0 Å². The van der Waals surface area contributed by atoms with Gasteiger partial charge in [0, 0.05) is 16.3 Å². The average Bonchev–Trinajstić information content (AvgIpc) is 2.91. The van der Waals surface area contributed by atoms with Crippen molar-refractivity contribution in [1.82, 2.24) is 4.90 Å². The van der Waals surface area contributed by atoms with E-state index in [9.17, 15) is 14.8 Å². The van der Waals surface area contributed by atoms with Crippen molar-refractivity contribution in [3.63, 3.8) is 0 Å². The Bertz CT molecular complexity index is 545. The van der Waals surface area contributed by atoms with Crippen molar-refractivity contribution >= 4 is 36.2 Å². The molecule has 8 heteroatoms. The quantitative estimate of drug-likeness (QED) is 0.512. The van der Waals surface area contributed by atoms with Crippen LogP contribution in [0.4, 0.5) is 0 Å². The van der Waals surface area contributed by atoms with Crippen LogP contribution in [0.1, 0.15) is 51.4 Å². The topological polar surface area (TPSA) is 86.8 Å². The highest BCUT2D eigenvalue weighted by molar-refractivity contribution is 6.43.